The van der Waals surface area contributed by atoms with E-state index in [0.29, 0.717) is 31.6 Å². The second-order valence-electron chi connectivity index (χ2n) is 10.2. The molecular weight excluding hydrogens is 552 g/mol. The smallest absolute Gasteiger partial charge is 0.410 e. The summed E-state index contributed by atoms with van der Waals surface area (Å²) in [4.78, 5) is 66.0. The predicted octanol–water partition coefficient (Wildman–Crippen LogP) is 4.47. The summed E-state index contributed by atoms with van der Waals surface area (Å²) in [6.45, 7) is 1.49. The van der Waals surface area contributed by atoms with Gasteiger partial charge in [-0.1, -0.05) is 54.6 Å². The molecule has 4 amide bonds. The largest absolute Gasteiger partial charge is 0.480 e. The van der Waals surface area contributed by atoms with E-state index in [1.807, 2.05) is 43.3 Å². The average Bonchev–Trinajstić information content (AvgIpc) is 3.01. The van der Waals surface area contributed by atoms with Crippen molar-refractivity contribution in [2.45, 2.75) is 26.4 Å². The van der Waals surface area contributed by atoms with Gasteiger partial charge in [-0.15, -0.1) is 0 Å². The Hall–Kier alpha value is -5.19. The van der Waals surface area contributed by atoms with E-state index in [1.54, 1.807) is 41.3 Å². The van der Waals surface area contributed by atoms with E-state index < -0.39 is 43.0 Å². The van der Waals surface area contributed by atoms with E-state index in [4.69, 9.17) is 4.74 Å². The number of hydrogen-bond donors (Lipinski definition) is 3. The molecule has 0 radical (unpaired) electrons. The quantitative estimate of drug-likeness (QED) is 0.297. The molecule has 0 spiro atoms. The summed E-state index contributed by atoms with van der Waals surface area (Å²) in [5.74, 6) is -2.65. The van der Waals surface area contributed by atoms with Gasteiger partial charge in [-0.3, -0.25) is 19.3 Å². The number of hydrogen-bond acceptors (Lipinski definition) is 6. The summed E-state index contributed by atoms with van der Waals surface area (Å²) in [5, 5.41) is 14.6. The number of rotatable bonds is 10. The van der Waals surface area contributed by atoms with Gasteiger partial charge in [0.15, 0.2) is 5.78 Å². The van der Waals surface area contributed by atoms with Crippen LogP contribution in [0.15, 0.2) is 78.9 Å². The second-order valence-corrected chi connectivity index (χ2v) is 10.2. The van der Waals surface area contributed by atoms with E-state index in [9.17, 15) is 29.1 Å². The molecular formula is C32H34N4O7. The fourth-order valence-corrected chi connectivity index (χ4v) is 4.86. The molecule has 11 nitrogen and oxygen atoms in total. The molecule has 0 saturated carbocycles. The molecule has 224 valence electrons. The van der Waals surface area contributed by atoms with E-state index in [-0.39, 0.29) is 23.6 Å². The number of Topliss-reactive ketones (excluding diaryl/α,β-unsaturated/α-hetero) is 1. The number of piperidine rings is 1. The molecule has 4 rings (SSSR count). The zero-order valence-electron chi connectivity index (χ0n) is 23.8. The number of urea groups is 1. The van der Waals surface area contributed by atoms with E-state index in [1.165, 1.54) is 6.07 Å². The highest BCUT2D eigenvalue weighted by molar-refractivity contribution is 6.09. The van der Waals surface area contributed by atoms with Gasteiger partial charge in [0.2, 0.25) is 5.91 Å². The fraction of sp³-hybridized carbons (Fsp3) is 0.281. The van der Waals surface area contributed by atoms with Crippen LogP contribution in [-0.4, -0.2) is 66.0 Å². The van der Waals surface area contributed by atoms with Crippen LogP contribution in [0.1, 0.15) is 34.3 Å². The van der Waals surface area contributed by atoms with Gasteiger partial charge in [-0.25, -0.2) is 9.59 Å². The van der Waals surface area contributed by atoms with Crippen molar-refractivity contribution >= 4 is 41.2 Å². The molecule has 1 heterocycles. The van der Waals surface area contributed by atoms with Gasteiger partial charge in [0.25, 0.3) is 0 Å². The number of nitrogens with one attached hydrogen (secondary N) is 2. The molecule has 1 saturated heterocycles. The number of aliphatic carboxylic acids is 1. The molecule has 3 aromatic carbocycles. The number of benzene rings is 3. The number of aryl methyl sites for hydroxylation is 1. The summed E-state index contributed by atoms with van der Waals surface area (Å²) in [6.07, 6.45) is 0.329. The molecule has 3 aromatic rings. The lowest BCUT2D eigenvalue weighted by molar-refractivity contribution is -0.136. The van der Waals surface area contributed by atoms with Crippen LogP contribution < -0.4 is 15.5 Å². The zero-order chi connectivity index (χ0) is 30.8. The van der Waals surface area contributed by atoms with Crippen molar-refractivity contribution in [3.63, 3.8) is 0 Å². The number of carbonyl (C=O) groups is 5. The van der Waals surface area contributed by atoms with Crippen molar-refractivity contribution in [3.8, 4) is 0 Å². The molecule has 0 unspecified atom stereocenters. The minimum atomic E-state index is -1.28. The molecule has 0 bridgehead atoms. The van der Waals surface area contributed by atoms with Crippen LogP contribution in [0.2, 0.25) is 0 Å². The number of carbonyl (C=O) groups excluding carboxylic acids is 4. The standard InChI is InChI=1S/C32H34N4O7/c1-22-8-7-11-25(18-22)34-31(41)33-19-28(37)36(20-29(38)39)27-13-6-5-12-26(27)30(40)24-14-16-35(17-15-24)32(42)43-21-23-9-3-2-4-10-23/h2-13,18,24H,14-17,19-21H2,1H3,(H,38,39)(H2,33,34,41). The van der Waals surface area contributed by atoms with Crippen molar-refractivity contribution in [2.75, 3.05) is 36.4 Å². The third kappa shape index (κ3) is 8.65. The molecule has 3 N–H and O–H groups in total. The average molecular weight is 587 g/mol. The lowest BCUT2D eigenvalue weighted by atomic mass is 9.88. The van der Waals surface area contributed by atoms with Crippen molar-refractivity contribution < 1.29 is 33.8 Å². The maximum absolute atomic E-state index is 13.6. The van der Waals surface area contributed by atoms with Crippen LogP contribution >= 0.6 is 0 Å². The summed E-state index contributed by atoms with van der Waals surface area (Å²) >= 11 is 0. The van der Waals surface area contributed by atoms with Crippen LogP contribution in [0.4, 0.5) is 21.0 Å². The van der Waals surface area contributed by atoms with Gasteiger partial charge < -0.3 is 25.4 Å². The lowest BCUT2D eigenvalue weighted by Gasteiger charge is -2.31. The number of carboxylic acids is 1. The molecule has 1 aliphatic heterocycles. The number of anilines is 2. The first-order valence-electron chi connectivity index (χ1n) is 13.9. The first kappa shape index (κ1) is 30.8. The number of nitrogens with zero attached hydrogens (tertiary/aromatic N) is 2. The third-order valence-corrected chi connectivity index (χ3v) is 7.06. The summed E-state index contributed by atoms with van der Waals surface area (Å²) in [5.41, 5.74) is 2.70. The lowest BCUT2D eigenvalue weighted by Crippen LogP contribution is -2.44. The van der Waals surface area contributed by atoms with Crippen LogP contribution in [0, 0.1) is 12.8 Å². The predicted molar refractivity (Wildman–Crippen MR) is 160 cm³/mol. The number of para-hydroxylation sites is 1. The van der Waals surface area contributed by atoms with Gasteiger partial charge in [0, 0.05) is 30.3 Å². The van der Waals surface area contributed by atoms with Crippen molar-refractivity contribution in [1.82, 2.24) is 10.2 Å². The Balaban J connectivity index is 1.38. The molecule has 1 aliphatic rings. The summed E-state index contributed by atoms with van der Waals surface area (Å²) < 4.78 is 5.41. The Morgan fingerprint density at radius 3 is 2.33 bits per heavy atom. The molecule has 0 aliphatic carbocycles. The van der Waals surface area contributed by atoms with Crippen molar-refractivity contribution in [2.24, 2.45) is 5.92 Å². The molecule has 0 atom stereocenters. The van der Waals surface area contributed by atoms with Crippen LogP contribution in [-0.2, 0) is 20.9 Å². The number of ketones is 1. The SMILES string of the molecule is Cc1cccc(NC(=O)NCC(=O)N(CC(=O)O)c2ccccc2C(=O)C2CCN(C(=O)OCc3ccccc3)CC2)c1. The summed E-state index contributed by atoms with van der Waals surface area (Å²) in [7, 11) is 0. The highest BCUT2D eigenvalue weighted by atomic mass is 16.6. The first-order valence-corrected chi connectivity index (χ1v) is 13.9. The van der Waals surface area contributed by atoms with Gasteiger partial charge in [0.05, 0.1) is 12.2 Å². The molecule has 0 aromatic heterocycles. The van der Waals surface area contributed by atoms with Gasteiger partial charge in [0.1, 0.15) is 13.2 Å². The second kappa shape index (κ2) is 14.6. The Kier molecular flexibility index (Phi) is 10.5. The van der Waals surface area contributed by atoms with Gasteiger partial charge in [-0.2, -0.15) is 0 Å². The number of amides is 4. The molecule has 1 fully saturated rings. The first-order chi connectivity index (χ1) is 20.7. The Morgan fingerprint density at radius 1 is 0.930 bits per heavy atom. The Morgan fingerprint density at radius 2 is 1.63 bits per heavy atom. The number of ether oxygens (including phenoxy) is 1. The summed E-state index contributed by atoms with van der Waals surface area (Å²) in [6, 6.07) is 22.1. The maximum Gasteiger partial charge on any atom is 0.410 e. The topological polar surface area (TPSA) is 145 Å². The fourth-order valence-electron chi connectivity index (χ4n) is 4.86. The highest BCUT2D eigenvalue weighted by Crippen LogP contribution is 2.28. The Labute approximate surface area is 249 Å². The van der Waals surface area contributed by atoms with E-state index >= 15 is 0 Å². The van der Waals surface area contributed by atoms with E-state index in [0.717, 1.165) is 16.0 Å². The van der Waals surface area contributed by atoms with Crippen LogP contribution in [0.25, 0.3) is 0 Å². The van der Waals surface area contributed by atoms with Crippen LogP contribution in [0.5, 0.6) is 0 Å². The third-order valence-electron chi connectivity index (χ3n) is 7.06. The van der Waals surface area contributed by atoms with E-state index in [2.05, 4.69) is 10.6 Å². The van der Waals surface area contributed by atoms with Gasteiger partial charge >= 0.3 is 18.1 Å². The highest BCUT2D eigenvalue weighted by Gasteiger charge is 2.31. The minimum Gasteiger partial charge on any atom is -0.480 e. The number of carboxylic acid groups (broad SMARTS) is 1. The van der Waals surface area contributed by atoms with Gasteiger partial charge in [-0.05, 0) is 55.2 Å². The normalized spacial score (nSPS) is 13.1. The molecule has 43 heavy (non-hydrogen) atoms. The number of likely N-dealkylation sites (tertiary alicyclic amines) is 1. The monoisotopic (exact) mass is 586 g/mol. The van der Waals surface area contributed by atoms with Crippen LogP contribution in [0.3, 0.4) is 0 Å². The minimum absolute atomic E-state index is 0.144. The molecule has 11 heteroatoms. The van der Waals surface area contributed by atoms with Crippen molar-refractivity contribution in [1.29, 1.82) is 0 Å². The zero-order valence-corrected chi connectivity index (χ0v) is 23.8. The maximum atomic E-state index is 13.6. The Bertz CT molecular complexity index is 1470. The van der Waals surface area contributed by atoms with Crippen molar-refractivity contribution in [3.05, 3.63) is 95.6 Å².